The van der Waals surface area contributed by atoms with Crippen LogP contribution >= 0.6 is 22.9 Å². The van der Waals surface area contributed by atoms with Crippen molar-refractivity contribution >= 4 is 45.0 Å². The number of rotatable bonds is 8. The monoisotopic (exact) mass is 635 g/mol. The molecular formula is C30H43ClNNaO6S2. The molecule has 4 saturated carbocycles. The summed E-state index contributed by atoms with van der Waals surface area (Å²) in [5.41, 5.74) is -0.107. The van der Waals surface area contributed by atoms with Gasteiger partial charge in [0.1, 0.15) is 5.78 Å². The van der Waals surface area contributed by atoms with Crippen molar-refractivity contribution in [3.63, 3.8) is 0 Å². The van der Waals surface area contributed by atoms with Crippen LogP contribution in [0.1, 0.15) is 103 Å². The molecule has 1 N–H and O–H groups in total. The quantitative estimate of drug-likeness (QED) is 0.265. The van der Waals surface area contributed by atoms with Crippen molar-refractivity contribution in [2.24, 2.45) is 46.3 Å². The van der Waals surface area contributed by atoms with E-state index in [-0.39, 0.29) is 87.7 Å². The fourth-order valence-electron chi connectivity index (χ4n) is 9.79. The summed E-state index contributed by atoms with van der Waals surface area (Å²) >= 11 is 7.62. The van der Waals surface area contributed by atoms with Crippen LogP contribution in [0, 0.1) is 46.3 Å². The number of thiophene rings is 1. The molecule has 4 aliphatic carbocycles. The Labute approximate surface area is 276 Å². The van der Waals surface area contributed by atoms with Gasteiger partial charge in [-0.05, 0) is 103 Å². The van der Waals surface area contributed by atoms with Crippen molar-refractivity contribution in [2.45, 2.75) is 104 Å². The molecule has 4 fully saturated rings. The van der Waals surface area contributed by atoms with Gasteiger partial charge in [-0.3, -0.25) is 13.8 Å². The molecule has 224 valence electrons. The van der Waals surface area contributed by atoms with E-state index in [2.05, 4.69) is 33.0 Å². The molecule has 0 bridgehead atoms. The standard InChI is InChI=1S/C30H44ClNO6S2.Na/c1-5-23(25-8-9-26(31)39-25)32-27(34)14-17(2)20-6-7-21-28-22(11-13-30(20,21)4)29(3)12-10-19(33)15-18(29)16-24(28)38-40(35,36)37;/h8-9,17-18,20-24,28H,5-7,10-16H2,1-4H3,(H,32,34)(H,35,36,37);/q;+1/p-1/t17-,18+,20-,21+,22+,23+,24-,28+,29+,30-;/m1./s1. The fraction of sp³-hybridized carbons (Fsp3) is 0.800. The molecule has 0 saturated heterocycles. The number of ketones is 1. The van der Waals surface area contributed by atoms with Gasteiger partial charge in [0.15, 0.2) is 0 Å². The Kier molecular flexibility index (Phi) is 10.6. The van der Waals surface area contributed by atoms with Crippen molar-refractivity contribution in [3.05, 3.63) is 21.3 Å². The van der Waals surface area contributed by atoms with Gasteiger partial charge < -0.3 is 9.87 Å². The van der Waals surface area contributed by atoms with Crippen molar-refractivity contribution < 1.29 is 56.3 Å². The van der Waals surface area contributed by atoms with E-state index in [9.17, 15) is 22.6 Å². The average Bonchev–Trinajstić information content (AvgIpc) is 3.45. The first-order valence-electron chi connectivity index (χ1n) is 15.0. The Morgan fingerprint density at radius 3 is 2.54 bits per heavy atom. The Bertz CT molecular complexity index is 1240. The summed E-state index contributed by atoms with van der Waals surface area (Å²) in [6, 6.07) is 3.79. The predicted octanol–water partition coefficient (Wildman–Crippen LogP) is 3.68. The van der Waals surface area contributed by atoms with E-state index in [1.807, 2.05) is 12.1 Å². The molecule has 7 nitrogen and oxygen atoms in total. The van der Waals surface area contributed by atoms with Crippen LogP contribution in [0.15, 0.2) is 12.1 Å². The number of Topliss-reactive ketones (excluding diaryl/α,β-unsaturated/α-hetero) is 1. The van der Waals surface area contributed by atoms with E-state index in [1.54, 1.807) is 0 Å². The molecule has 1 aromatic rings. The summed E-state index contributed by atoms with van der Waals surface area (Å²) in [5.74, 6) is 1.23. The normalized spacial score (nSPS) is 38.1. The SMILES string of the molecule is CC[C@H](NC(=O)C[C@@H](C)[C@H]1CC[C@H]2[C@@H]3[C@H](OS(=O)(=O)[O-])C[C@@H]4CC(=O)CC[C@]4(C)[C@H]3CC[C@]12C)c1ccc(Cl)s1.[Na+]. The van der Waals surface area contributed by atoms with E-state index < -0.39 is 16.5 Å². The second-order valence-corrected chi connectivity index (χ2v) is 16.4. The predicted molar refractivity (Wildman–Crippen MR) is 154 cm³/mol. The zero-order valence-corrected chi connectivity index (χ0v) is 29.4. The molecular weight excluding hydrogens is 593 g/mol. The van der Waals surface area contributed by atoms with Gasteiger partial charge >= 0.3 is 29.6 Å². The summed E-state index contributed by atoms with van der Waals surface area (Å²) in [7, 11) is -4.87. The van der Waals surface area contributed by atoms with Crippen molar-refractivity contribution in [3.8, 4) is 0 Å². The molecule has 1 aromatic heterocycles. The first kappa shape index (κ1) is 33.9. The number of hydrogen-bond acceptors (Lipinski definition) is 7. The van der Waals surface area contributed by atoms with Crippen LogP contribution in [-0.2, 0) is 24.2 Å². The van der Waals surface area contributed by atoms with Gasteiger partial charge in [-0.2, -0.15) is 0 Å². The largest absolute Gasteiger partial charge is 1.00 e. The van der Waals surface area contributed by atoms with Crippen molar-refractivity contribution in [1.29, 1.82) is 0 Å². The van der Waals surface area contributed by atoms with E-state index in [1.165, 1.54) is 11.3 Å². The van der Waals surface area contributed by atoms with Crippen LogP contribution in [0.25, 0.3) is 0 Å². The zero-order valence-electron chi connectivity index (χ0n) is 25.0. The maximum atomic E-state index is 13.2. The summed E-state index contributed by atoms with van der Waals surface area (Å²) in [5, 5.41) is 3.22. The third-order valence-corrected chi connectivity index (χ3v) is 13.5. The molecule has 0 aromatic carbocycles. The van der Waals surface area contributed by atoms with Crippen molar-refractivity contribution in [2.75, 3.05) is 0 Å². The Hall–Kier alpha value is 0.000000000000000222. The molecule has 0 aliphatic heterocycles. The number of carbonyl (C=O) groups is 2. The molecule has 11 heteroatoms. The number of amides is 1. The smallest absolute Gasteiger partial charge is 0.726 e. The number of carbonyl (C=O) groups excluding carboxylic acids is 2. The van der Waals surface area contributed by atoms with Gasteiger partial charge in [0.2, 0.25) is 16.3 Å². The molecule has 4 aliphatic rings. The maximum absolute atomic E-state index is 13.2. The minimum atomic E-state index is -4.87. The number of hydrogen-bond donors (Lipinski definition) is 1. The average molecular weight is 636 g/mol. The molecule has 41 heavy (non-hydrogen) atoms. The van der Waals surface area contributed by atoms with Gasteiger partial charge in [0.25, 0.3) is 0 Å². The number of fused-ring (bicyclic) bond motifs is 5. The Morgan fingerprint density at radius 1 is 1.20 bits per heavy atom. The summed E-state index contributed by atoms with van der Waals surface area (Å²) in [6.07, 6.45) is 6.72. The van der Waals surface area contributed by atoms with Crippen LogP contribution in [0.4, 0.5) is 0 Å². The van der Waals surface area contributed by atoms with Crippen LogP contribution in [0.3, 0.4) is 0 Å². The van der Waals surface area contributed by atoms with Gasteiger partial charge in [-0.1, -0.05) is 39.3 Å². The van der Waals surface area contributed by atoms with Crippen molar-refractivity contribution in [1.82, 2.24) is 5.32 Å². The molecule has 0 radical (unpaired) electrons. The van der Waals surface area contributed by atoms with E-state index in [0.29, 0.717) is 35.9 Å². The minimum absolute atomic E-state index is 0. The molecule has 10 atom stereocenters. The fourth-order valence-corrected chi connectivity index (χ4v) is 11.5. The number of nitrogens with one attached hydrogen (secondary N) is 1. The van der Waals surface area contributed by atoms with E-state index in [4.69, 9.17) is 15.8 Å². The van der Waals surface area contributed by atoms with E-state index >= 15 is 0 Å². The van der Waals surface area contributed by atoms with Gasteiger partial charge in [-0.15, -0.1) is 11.3 Å². The molecule has 1 amide bonds. The van der Waals surface area contributed by atoms with Gasteiger partial charge in [0.05, 0.1) is 16.5 Å². The molecule has 1 heterocycles. The van der Waals surface area contributed by atoms with Gasteiger partial charge in [0, 0.05) is 24.1 Å². The van der Waals surface area contributed by atoms with Gasteiger partial charge in [-0.25, -0.2) is 8.42 Å². The third kappa shape index (κ3) is 6.68. The summed E-state index contributed by atoms with van der Waals surface area (Å²) in [4.78, 5) is 26.6. The van der Waals surface area contributed by atoms with Crippen LogP contribution in [-0.4, -0.2) is 30.8 Å². The second kappa shape index (κ2) is 12.8. The maximum Gasteiger partial charge on any atom is 1.00 e. The third-order valence-electron chi connectivity index (χ3n) is 11.7. The first-order valence-corrected chi connectivity index (χ1v) is 17.5. The van der Waals surface area contributed by atoms with Crippen LogP contribution in [0.2, 0.25) is 4.34 Å². The molecule has 5 rings (SSSR count). The Balaban J connectivity index is 0.00000387. The zero-order chi connectivity index (χ0) is 29.0. The number of halogens is 1. The van der Waals surface area contributed by atoms with E-state index in [0.717, 1.165) is 43.4 Å². The second-order valence-electron chi connectivity index (χ2n) is 13.6. The van der Waals surface area contributed by atoms with Crippen LogP contribution < -0.4 is 34.9 Å². The molecule has 0 unspecified atom stereocenters. The first-order chi connectivity index (χ1) is 18.7. The summed E-state index contributed by atoms with van der Waals surface area (Å²) < 4.78 is 41.6. The summed E-state index contributed by atoms with van der Waals surface area (Å²) in [6.45, 7) is 8.84. The molecule has 0 spiro atoms. The van der Waals surface area contributed by atoms with Crippen LogP contribution in [0.5, 0.6) is 0 Å². The topological polar surface area (TPSA) is 113 Å². The Morgan fingerprint density at radius 2 is 1.90 bits per heavy atom. The minimum Gasteiger partial charge on any atom is -0.726 e.